The van der Waals surface area contributed by atoms with E-state index in [9.17, 15) is 0 Å². The van der Waals surface area contributed by atoms with Crippen molar-refractivity contribution >= 4 is 65.4 Å². The highest BCUT2D eigenvalue weighted by atomic mass is 15.0. The molecule has 0 saturated heterocycles. The summed E-state index contributed by atoms with van der Waals surface area (Å²) in [5, 5.41) is 6.82. The molecule has 8 nitrogen and oxygen atoms in total. The number of aromatic nitrogens is 8. The van der Waals surface area contributed by atoms with E-state index >= 15 is 0 Å². The monoisotopic (exact) mass is 1350 g/mol. The average molecular weight is 1350 g/mol. The lowest BCUT2D eigenvalue weighted by molar-refractivity contribution is 1.18. The standard InChI is InChI=1S/2C49H32N4/c1-4-15-33(16-5-1)34-27-29-35(30-28-34)43-32-44(52-49(51-43)36-17-6-2-7-18-36)37-19-14-20-38(31-37)47-46-41-24-11-13-26-45(41)53(39-21-8-3-9-22-39)48(46)40-23-10-12-25-42(40)50-47;1-4-15-33(16-5-1)34-27-29-36(30-28-34)44-32-43(35-17-6-2-7-18-35)51-49(52-44)38-20-14-19-37(31-38)47-46-41-24-11-13-26-45(41)53(39-21-8-3-9-22-39)48(46)40-23-10-12-25-42(40)50-47/h2*1-32H. The minimum Gasteiger partial charge on any atom is -0.308 e. The first-order chi connectivity index (χ1) is 52.6. The van der Waals surface area contributed by atoms with Crippen molar-refractivity contribution in [2.75, 3.05) is 0 Å². The Balaban J connectivity index is 0.000000145. The van der Waals surface area contributed by atoms with Gasteiger partial charge in [-0.15, -0.1) is 0 Å². The van der Waals surface area contributed by atoms with Crippen molar-refractivity contribution in [3.05, 3.63) is 388 Å². The molecular weight excluding hydrogens is 1290 g/mol. The molecule has 8 heteroatoms. The predicted molar refractivity (Wildman–Crippen MR) is 438 cm³/mol. The number of para-hydroxylation sites is 6. The molecule has 0 aliphatic carbocycles. The molecule has 0 aliphatic heterocycles. The normalized spacial score (nSPS) is 11.4. The van der Waals surface area contributed by atoms with E-state index in [0.29, 0.717) is 11.6 Å². The predicted octanol–water partition coefficient (Wildman–Crippen LogP) is 24.9. The molecule has 0 amide bonds. The number of hydrogen-bond donors (Lipinski definition) is 0. The van der Waals surface area contributed by atoms with Crippen molar-refractivity contribution in [3.63, 3.8) is 0 Å². The quantitative estimate of drug-likeness (QED) is 0.121. The lowest BCUT2D eigenvalue weighted by Crippen LogP contribution is -1.97. The first-order valence-corrected chi connectivity index (χ1v) is 35.7. The molecule has 6 aromatic heterocycles. The molecule has 14 aromatic carbocycles. The van der Waals surface area contributed by atoms with Gasteiger partial charge in [-0.25, -0.2) is 29.9 Å². The topological polar surface area (TPSA) is 87.2 Å². The Morgan fingerprint density at radius 3 is 0.896 bits per heavy atom. The van der Waals surface area contributed by atoms with Crippen molar-refractivity contribution in [1.82, 2.24) is 39.0 Å². The second-order valence-electron chi connectivity index (χ2n) is 26.5. The summed E-state index contributed by atoms with van der Waals surface area (Å²) in [5.41, 5.74) is 26.8. The maximum atomic E-state index is 5.38. The Morgan fingerprint density at radius 1 is 0.179 bits per heavy atom. The minimum absolute atomic E-state index is 0.666. The van der Waals surface area contributed by atoms with E-state index in [1.165, 1.54) is 27.6 Å². The van der Waals surface area contributed by atoms with E-state index in [-0.39, 0.29) is 0 Å². The summed E-state index contributed by atoms with van der Waals surface area (Å²) in [4.78, 5) is 31.4. The van der Waals surface area contributed by atoms with Crippen LogP contribution in [0.5, 0.6) is 0 Å². The summed E-state index contributed by atoms with van der Waals surface area (Å²) in [6.45, 7) is 0. The van der Waals surface area contributed by atoms with Crippen LogP contribution in [-0.4, -0.2) is 39.0 Å². The van der Waals surface area contributed by atoms with Crippen molar-refractivity contribution in [2.45, 2.75) is 0 Å². The average Bonchev–Trinajstić information content (AvgIpc) is 1.56. The zero-order valence-electron chi connectivity index (χ0n) is 57.5. The van der Waals surface area contributed by atoms with Gasteiger partial charge in [0.25, 0.3) is 0 Å². The number of rotatable bonds is 12. The summed E-state index contributed by atoms with van der Waals surface area (Å²) in [7, 11) is 0. The van der Waals surface area contributed by atoms with Gasteiger partial charge in [0.05, 0.1) is 67.3 Å². The molecule has 496 valence electrons. The molecule has 20 rings (SSSR count). The molecule has 0 spiro atoms. The second kappa shape index (κ2) is 27.2. The molecule has 0 atom stereocenters. The van der Waals surface area contributed by atoms with Crippen LogP contribution in [0.25, 0.3) is 189 Å². The fraction of sp³-hybridized carbons (Fsp3) is 0. The summed E-state index contributed by atoms with van der Waals surface area (Å²) in [6.07, 6.45) is 0. The fourth-order valence-electron chi connectivity index (χ4n) is 15.0. The van der Waals surface area contributed by atoms with E-state index in [4.69, 9.17) is 29.9 Å². The van der Waals surface area contributed by atoms with Gasteiger partial charge < -0.3 is 9.13 Å². The van der Waals surface area contributed by atoms with Crippen molar-refractivity contribution in [3.8, 4) is 124 Å². The molecule has 6 heterocycles. The molecule has 0 bridgehead atoms. The lowest BCUT2D eigenvalue weighted by Gasteiger charge is -2.13. The summed E-state index contributed by atoms with van der Waals surface area (Å²) >= 11 is 0. The fourth-order valence-corrected chi connectivity index (χ4v) is 15.0. The molecule has 0 fully saturated rings. The third-order valence-electron chi connectivity index (χ3n) is 20.0. The second-order valence-corrected chi connectivity index (χ2v) is 26.5. The third kappa shape index (κ3) is 11.7. The molecule has 0 N–H and O–H groups in total. The van der Waals surface area contributed by atoms with Crippen LogP contribution in [0.4, 0.5) is 0 Å². The van der Waals surface area contributed by atoms with Crippen LogP contribution < -0.4 is 0 Å². The van der Waals surface area contributed by atoms with E-state index in [2.05, 4.69) is 361 Å². The van der Waals surface area contributed by atoms with Gasteiger partial charge in [-0.2, -0.15) is 0 Å². The zero-order chi connectivity index (χ0) is 70.3. The maximum Gasteiger partial charge on any atom is 0.160 e. The Kier molecular flexibility index (Phi) is 16.1. The highest BCUT2D eigenvalue weighted by Crippen LogP contribution is 2.45. The van der Waals surface area contributed by atoms with Gasteiger partial charge in [-0.3, -0.25) is 0 Å². The molecule has 0 aliphatic rings. The Labute approximate surface area is 612 Å². The number of nitrogens with zero attached hydrogens (tertiary/aromatic N) is 8. The largest absolute Gasteiger partial charge is 0.308 e. The number of benzene rings is 14. The summed E-state index contributed by atoms with van der Waals surface area (Å²) in [5.74, 6) is 1.35. The van der Waals surface area contributed by atoms with E-state index < -0.39 is 0 Å². The molecule has 106 heavy (non-hydrogen) atoms. The van der Waals surface area contributed by atoms with Crippen molar-refractivity contribution in [1.29, 1.82) is 0 Å². The van der Waals surface area contributed by atoms with E-state index in [1.807, 2.05) is 36.4 Å². The maximum absolute atomic E-state index is 5.38. The van der Waals surface area contributed by atoms with Crippen LogP contribution in [0.1, 0.15) is 0 Å². The van der Waals surface area contributed by atoms with Crippen LogP contribution in [0.2, 0.25) is 0 Å². The van der Waals surface area contributed by atoms with Gasteiger partial charge in [0.15, 0.2) is 11.6 Å². The molecule has 0 saturated carbocycles. The Hall–Kier alpha value is -14.3. The highest BCUT2D eigenvalue weighted by Gasteiger charge is 2.24. The first-order valence-electron chi connectivity index (χ1n) is 35.7. The zero-order valence-corrected chi connectivity index (χ0v) is 57.5. The van der Waals surface area contributed by atoms with Gasteiger partial charge in [0.2, 0.25) is 0 Å². The number of fused-ring (bicyclic) bond motifs is 10. The lowest BCUT2D eigenvalue weighted by atomic mass is 9.99. The van der Waals surface area contributed by atoms with Crippen LogP contribution in [0, 0.1) is 0 Å². The van der Waals surface area contributed by atoms with Gasteiger partial charge in [0.1, 0.15) is 0 Å². The molecule has 0 unspecified atom stereocenters. The van der Waals surface area contributed by atoms with Crippen molar-refractivity contribution < 1.29 is 0 Å². The molecule has 20 aromatic rings. The summed E-state index contributed by atoms with van der Waals surface area (Å²) in [6, 6.07) is 135. The van der Waals surface area contributed by atoms with Gasteiger partial charge in [-0.1, -0.05) is 315 Å². The third-order valence-corrected chi connectivity index (χ3v) is 20.0. The van der Waals surface area contributed by atoms with Crippen molar-refractivity contribution in [2.24, 2.45) is 0 Å². The van der Waals surface area contributed by atoms with Gasteiger partial charge >= 0.3 is 0 Å². The van der Waals surface area contributed by atoms with Gasteiger partial charge in [-0.05, 0) is 95.1 Å². The molecular formula is C98H64N8. The number of pyridine rings is 2. The van der Waals surface area contributed by atoms with Crippen LogP contribution >= 0.6 is 0 Å². The highest BCUT2D eigenvalue weighted by molar-refractivity contribution is 6.24. The number of hydrogen-bond acceptors (Lipinski definition) is 6. The first kappa shape index (κ1) is 62.6. The van der Waals surface area contributed by atoms with Crippen LogP contribution in [0.15, 0.2) is 388 Å². The minimum atomic E-state index is 0.666. The summed E-state index contributed by atoms with van der Waals surface area (Å²) < 4.78 is 4.76. The van der Waals surface area contributed by atoms with E-state index in [0.717, 1.165) is 150 Å². The van der Waals surface area contributed by atoms with Gasteiger partial charge in [0, 0.05) is 88.2 Å². The van der Waals surface area contributed by atoms with E-state index in [1.54, 1.807) is 0 Å². The Morgan fingerprint density at radius 2 is 0.462 bits per heavy atom. The van der Waals surface area contributed by atoms with Crippen LogP contribution in [-0.2, 0) is 0 Å². The molecule has 0 radical (unpaired) electrons. The smallest absolute Gasteiger partial charge is 0.160 e. The SMILES string of the molecule is c1ccc(-c2ccc(-c3cc(-c4cccc(-c5nc6ccccc6c6c5c5ccccc5n6-c5ccccc5)c4)nc(-c4ccccc4)n3)cc2)cc1.c1ccc(-c2ccc(-c3cc(-c4ccccc4)nc(-c4cccc(-c5nc6ccccc6c6c5c5ccccc5n6-c5ccccc5)c4)n3)cc2)cc1. The Bertz CT molecular complexity index is 6240. The van der Waals surface area contributed by atoms with Crippen LogP contribution in [0.3, 0.4) is 0 Å².